The molecule has 27 heavy (non-hydrogen) atoms. The van der Waals surface area contributed by atoms with Gasteiger partial charge in [0.15, 0.2) is 0 Å². The summed E-state index contributed by atoms with van der Waals surface area (Å²) in [5.74, 6) is 0.137. The summed E-state index contributed by atoms with van der Waals surface area (Å²) in [6.45, 7) is 6.48. The third-order valence-electron chi connectivity index (χ3n) is 5.05. The Hall–Kier alpha value is -2.34. The number of hydrogen-bond acceptors (Lipinski definition) is 3. The van der Waals surface area contributed by atoms with Crippen LogP contribution in [0.2, 0.25) is 5.02 Å². The molecule has 6 nitrogen and oxygen atoms in total. The van der Waals surface area contributed by atoms with Crippen molar-refractivity contribution in [3.05, 3.63) is 41.0 Å². The fraction of sp³-hybridized carbons (Fsp3) is 0.450. The molecule has 0 saturated carbocycles. The van der Waals surface area contributed by atoms with Gasteiger partial charge >= 0.3 is 0 Å². The van der Waals surface area contributed by atoms with E-state index in [9.17, 15) is 9.59 Å². The maximum Gasteiger partial charge on any atom is 0.230 e. The van der Waals surface area contributed by atoms with E-state index in [1.165, 1.54) is 0 Å². The molecule has 0 radical (unpaired) electrons. The normalized spacial score (nSPS) is 17.0. The highest BCUT2D eigenvalue weighted by molar-refractivity contribution is 6.30. The molecule has 1 fully saturated rings. The summed E-state index contributed by atoms with van der Waals surface area (Å²) in [6.07, 6.45) is 2.06. The van der Waals surface area contributed by atoms with Crippen molar-refractivity contribution in [2.45, 2.75) is 46.1 Å². The lowest BCUT2D eigenvalue weighted by Gasteiger charge is -2.26. The van der Waals surface area contributed by atoms with Crippen LogP contribution in [0, 0.1) is 12.8 Å². The first-order chi connectivity index (χ1) is 12.9. The highest BCUT2D eigenvalue weighted by atomic mass is 35.5. The van der Waals surface area contributed by atoms with Crippen LogP contribution < -0.4 is 5.32 Å². The minimum absolute atomic E-state index is 0.0587. The number of carbonyl (C=O) groups excluding carboxylic acids is 2. The Bertz CT molecular complexity index is 844. The molecule has 2 aromatic rings. The van der Waals surface area contributed by atoms with Crippen molar-refractivity contribution < 1.29 is 9.59 Å². The van der Waals surface area contributed by atoms with Gasteiger partial charge in [0.25, 0.3) is 0 Å². The predicted molar refractivity (Wildman–Crippen MR) is 106 cm³/mol. The topological polar surface area (TPSA) is 67.2 Å². The van der Waals surface area contributed by atoms with Crippen molar-refractivity contribution in [3.8, 4) is 5.69 Å². The molecule has 1 unspecified atom stereocenters. The molecule has 3 rings (SSSR count). The Morgan fingerprint density at radius 3 is 2.74 bits per heavy atom. The summed E-state index contributed by atoms with van der Waals surface area (Å²) in [5.41, 5.74) is 1.55. The second-order valence-electron chi connectivity index (χ2n) is 6.97. The third-order valence-corrected chi connectivity index (χ3v) is 5.28. The van der Waals surface area contributed by atoms with E-state index < -0.39 is 0 Å². The van der Waals surface area contributed by atoms with Crippen LogP contribution in [-0.2, 0) is 9.59 Å². The molecular formula is C20H25ClN4O2. The van der Waals surface area contributed by atoms with Crippen LogP contribution in [-0.4, -0.2) is 39.1 Å². The Labute approximate surface area is 164 Å². The zero-order valence-electron chi connectivity index (χ0n) is 15.9. The van der Waals surface area contributed by atoms with Gasteiger partial charge in [0.2, 0.25) is 11.8 Å². The van der Waals surface area contributed by atoms with Crippen LogP contribution in [0.5, 0.6) is 0 Å². The molecule has 7 heteroatoms. The number of hydrogen-bond donors (Lipinski definition) is 1. The molecule has 1 aliphatic heterocycles. The SMILES string of the molecule is CCC(CC)N1CC(C(=O)Nc2cc(C)nn2-c2cccc(Cl)c2)CC1=O. The van der Waals surface area contributed by atoms with E-state index in [0.29, 0.717) is 17.4 Å². The molecule has 1 aromatic carbocycles. The van der Waals surface area contributed by atoms with E-state index in [1.807, 2.05) is 30.0 Å². The number of benzene rings is 1. The number of nitrogens with one attached hydrogen (secondary N) is 1. The van der Waals surface area contributed by atoms with Gasteiger partial charge in [0.1, 0.15) is 5.82 Å². The van der Waals surface area contributed by atoms with Gasteiger partial charge in [-0.1, -0.05) is 31.5 Å². The lowest BCUT2D eigenvalue weighted by molar-refractivity contribution is -0.130. The number of aromatic nitrogens is 2. The van der Waals surface area contributed by atoms with Crippen LogP contribution in [0.25, 0.3) is 5.69 Å². The third kappa shape index (κ3) is 4.16. The molecule has 1 saturated heterocycles. The van der Waals surface area contributed by atoms with Crippen LogP contribution in [0.15, 0.2) is 30.3 Å². The Kier molecular flexibility index (Phi) is 5.85. The number of nitrogens with zero attached hydrogens (tertiary/aromatic N) is 3. The van der Waals surface area contributed by atoms with E-state index in [2.05, 4.69) is 24.3 Å². The number of anilines is 1. The van der Waals surface area contributed by atoms with Crippen LogP contribution in [0.3, 0.4) is 0 Å². The quantitative estimate of drug-likeness (QED) is 0.818. The maximum atomic E-state index is 12.8. The number of carbonyl (C=O) groups is 2. The fourth-order valence-corrected chi connectivity index (χ4v) is 3.80. The lowest BCUT2D eigenvalue weighted by Crippen LogP contribution is -2.36. The number of aryl methyl sites for hydroxylation is 1. The van der Waals surface area contributed by atoms with Crippen molar-refractivity contribution in [1.29, 1.82) is 0 Å². The molecule has 2 heterocycles. The van der Waals surface area contributed by atoms with E-state index in [-0.39, 0.29) is 30.2 Å². The monoisotopic (exact) mass is 388 g/mol. The van der Waals surface area contributed by atoms with Crippen molar-refractivity contribution in [2.75, 3.05) is 11.9 Å². The first-order valence-electron chi connectivity index (χ1n) is 9.35. The lowest BCUT2D eigenvalue weighted by atomic mass is 10.1. The standard InChI is InChI=1S/C20H25ClN4O2/c1-4-16(5-2)24-12-14(10-19(24)26)20(27)22-18-9-13(3)23-25(18)17-8-6-7-15(21)11-17/h6-9,11,14,16H,4-5,10,12H2,1-3H3,(H,22,27). The molecule has 0 aliphatic carbocycles. The number of likely N-dealkylation sites (tertiary alicyclic amines) is 1. The maximum absolute atomic E-state index is 12.8. The first kappa shape index (κ1) is 19.4. The zero-order chi connectivity index (χ0) is 19.6. The fourth-order valence-electron chi connectivity index (χ4n) is 3.61. The summed E-state index contributed by atoms with van der Waals surface area (Å²) in [5, 5.41) is 8.00. The van der Waals surface area contributed by atoms with Crippen LogP contribution in [0.4, 0.5) is 5.82 Å². The second-order valence-corrected chi connectivity index (χ2v) is 7.41. The predicted octanol–water partition coefficient (Wildman–Crippen LogP) is 3.81. The minimum atomic E-state index is -0.346. The van der Waals surface area contributed by atoms with Gasteiger partial charge in [-0.05, 0) is 38.0 Å². The molecule has 0 bridgehead atoms. The average molecular weight is 389 g/mol. The van der Waals surface area contributed by atoms with Crippen molar-refractivity contribution in [1.82, 2.24) is 14.7 Å². The number of amides is 2. The molecule has 2 amide bonds. The summed E-state index contributed by atoms with van der Waals surface area (Å²) >= 11 is 6.08. The van der Waals surface area contributed by atoms with Gasteiger partial charge in [-0.25, -0.2) is 4.68 Å². The Morgan fingerprint density at radius 2 is 2.07 bits per heavy atom. The van der Waals surface area contributed by atoms with Gasteiger partial charge in [0.05, 0.1) is 17.3 Å². The van der Waals surface area contributed by atoms with E-state index >= 15 is 0 Å². The van der Waals surface area contributed by atoms with Crippen molar-refractivity contribution >= 4 is 29.2 Å². The van der Waals surface area contributed by atoms with E-state index in [0.717, 1.165) is 24.2 Å². The molecule has 1 aliphatic rings. The number of halogens is 1. The summed E-state index contributed by atoms with van der Waals surface area (Å²) in [6, 6.07) is 9.31. The summed E-state index contributed by atoms with van der Waals surface area (Å²) < 4.78 is 1.66. The molecule has 0 spiro atoms. The molecule has 144 valence electrons. The van der Waals surface area contributed by atoms with Crippen molar-refractivity contribution in [2.24, 2.45) is 5.92 Å². The first-order valence-corrected chi connectivity index (χ1v) is 9.73. The van der Waals surface area contributed by atoms with Gasteiger partial charge in [0, 0.05) is 30.1 Å². The van der Waals surface area contributed by atoms with Gasteiger partial charge < -0.3 is 10.2 Å². The molecule has 1 aromatic heterocycles. The minimum Gasteiger partial charge on any atom is -0.339 e. The van der Waals surface area contributed by atoms with Crippen molar-refractivity contribution in [3.63, 3.8) is 0 Å². The van der Waals surface area contributed by atoms with Crippen LogP contribution in [0.1, 0.15) is 38.8 Å². The van der Waals surface area contributed by atoms with Gasteiger partial charge in [-0.2, -0.15) is 5.10 Å². The second kappa shape index (κ2) is 8.13. The highest BCUT2D eigenvalue weighted by Gasteiger charge is 2.37. The molecule has 1 N–H and O–H groups in total. The van der Waals surface area contributed by atoms with E-state index in [1.54, 1.807) is 16.8 Å². The Balaban J connectivity index is 1.77. The highest BCUT2D eigenvalue weighted by Crippen LogP contribution is 2.25. The van der Waals surface area contributed by atoms with Gasteiger partial charge in [-0.3, -0.25) is 9.59 Å². The smallest absolute Gasteiger partial charge is 0.230 e. The van der Waals surface area contributed by atoms with E-state index in [4.69, 9.17) is 11.6 Å². The van der Waals surface area contributed by atoms with Crippen LogP contribution >= 0.6 is 11.6 Å². The summed E-state index contributed by atoms with van der Waals surface area (Å²) in [7, 11) is 0. The average Bonchev–Trinajstić information content (AvgIpc) is 3.19. The Morgan fingerprint density at radius 1 is 1.33 bits per heavy atom. The zero-order valence-corrected chi connectivity index (χ0v) is 16.7. The van der Waals surface area contributed by atoms with Gasteiger partial charge in [-0.15, -0.1) is 0 Å². The largest absolute Gasteiger partial charge is 0.339 e. The summed E-state index contributed by atoms with van der Waals surface area (Å²) in [4.78, 5) is 27.0. The number of rotatable bonds is 6. The molecule has 1 atom stereocenters. The molecular weight excluding hydrogens is 364 g/mol.